The smallest absolute Gasteiger partial charge is 0.341 e. The summed E-state index contributed by atoms with van der Waals surface area (Å²) >= 11 is 0. The largest absolute Gasteiger partial charge is 0.394 e. The van der Waals surface area contributed by atoms with Gasteiger partial charge in [0.1, 0.15) is 0 Å². The second-order valence-electron chi connectivity index (χ2n) is 4.83. The van der Waals surface area contributed by atoms with Crippen LogP contribution in [-0.2, 0) is 9.84 Å². The van der Waals surface area contributed by atoms with E-state index in [0.29, 0.717) is 5.69 Å². The molecule has 0 saturated heterocycles. The molecule has 0 aliphatic rings. The van der Waals surface area contributed by atoms with Gasteiger partial charge in [-0.1, -0.05) is 0 Å². The quantitative estimate of drug-likeness (QED) is 0.900. The predicted octanol–water partition coefficient (Wildman–Crippen LogP) is 1.89. The number of anilines is 1. The molecule has 0 radical (unpaired) electrons. The number of hydrogen-bond acceptors (Lipinski definition) is 4. The van der Waals surface area contributed by atoms with E-state index in [9.17, 15) is 22.3 Å². The third kappa shape index (κ3) is 3.22. The molecule has 1 N–H and O–H groups in total. The molecule has 0 spiro atoms. The van der Waals surface area contributed by atoms with E-state index in [4.69, 9.17) is 0 Å². The summed E-state index contributed by atoms with van der Waals surface area (Å²) in [5, 5.41) is 9.25. The molecule has 0 saturated carbocycles. The van der Waals surface area contributed by atoms with E-state index in [1.165, 1.54) is 12.1 Å². The van der Waals surface area contributed by atoms with Gasteiger partial charge in [0.2, 0.25) is 9.84 Å². The van der Waals surface area contributed by atoms with Crippen molar-refractivity contribution in [2.24, 2.45) is 0 Å². The van der Waals surface area contributed by atoms with E-state index in [1.54, 1.807) is 25.8 Å². The van der Waals surface area contributed by atoms with Crippen LogP contribution >= 0.6 is 0 Å². The predicted molar refractivity (Wildman–Crippen MR) is 69.2 cm³/mol. The molecule has 1 aromatic carbocycles. The Morgan fingerprint density at radius 3 is 2.11 bits per heavy atom. The number of alkyl halides is 2. The highest BCUT2D eigenvalue weighted by Crippen LogP contribution is 2.25. The SMILES string of the molecule is CN(c1ccc(S(=O)(=O)C(F)F)cc1)C(C)(C)CO. The van der Waals surface area contributed by atoms with E-state index >= 15 is 0 Å². The fourth-order valence-electron chi connectivity index (χ4n) is 1.42. The number of aliphatic hydroxyl groups is 1. The summed E-state index contributed by atoms with van der Waals surface area (Å²) in [5.41, 5.74) is 0.0931. The van der Waals surface area contributed by atoms with Crippen molar-refractivity contribution >= 4 is 15.5 Å². The molecule has 19 heavy (non-hydrogen) atoms. The number of nitrogens with zero attached hydrogens (tertiary/aromatic N) is 1. The number of likely N-dealkylation sites (N-methyl/N-ethyl adjacent to an activating group) is 1. The Morgan fingerprint density at radius 2 is 1.74 bits per heavy atom. The van der Waals surface area contributed by atoms with Crippen LogP contribution in [0, 0.1) is 0 Å². The minimum atomic E-state index is -4.56. The molecule has 7 heteroatoms. The van der Waals surface area contributed by atoms with Crippen molar-refractivity contribution in [3.63, 3.8) is 0 Å². The molecule has 0 aromatic heterocycles. The van der Waals surface area contributed by atoms with Gasteiger partial charge in [0.15, 0.2) is 0 Å². The molecule has 0 aliphatic heterocycles. The molecular formula is C12H17F2NO3S. The molecule has 1 aromatic rings. The van der Waals surface area contributed by atoms with Crippen LogP contribution in [0.4, 0.5) is 14.5 Å². The van der Waals surface area contributed by atoms with E-state index in [1.807, 2.05) is 0 Å². The Kier molecular flexibility index (Phi) is 4.52. The van der Waals surface area contributed by atoms with Crippen LogP contribution < -0.4 is 4.90 Å². The number of aliphatic hydroxyl groups excluding tert-OH is 1. The summed E-state index contributed by atoms with van der Waals surface area (Å²) in [6, 6.07) is 5.15. The van der Waals surface area contributed by atoms with Gasteiger partial charge in [0.25, 0.3) is 0 Å². The average Bonchev–Trinajstić information content (AvgIpc) is 2.37. The van der Waals surface area contributed by atoms with Crippen LogP contribution in [0.1, 0.15) is 13.8 Å². The molecule has 0 aliphatic carbocycles. The molecule has 0 atom stereocenters. The third-order valence-electron chi connectivity index (χ3n) is 3.08. The highest BCUT2D eigenvalue weighted by atomic mass is 32.2. The van der Waals surface area contributed by atoms with Crippen molar-refractivity contribution in [2.75, 3.05) is 18.6 Å². The van der Waals surface area contributed by atoms with Crippen molar-refractivity contribution in [1.29, 1.82) is 0 Å². The van der Waals surface area contributed by atoms with Gasteiger partial charge < -0.3 is 10.0 Å². The lowest BCUT2D eigenvalue weighted by atomic mass is 10.0. The standard InChI is InChI=1S/C12H17F2NO3S/c1-12(2,8-16)15(3)9-4-6-10(7-5-9)19(17,18)11(13)14/h4-7,11,16H,8H2,1-3H3. The fraction of sp³-hybridized carbons (Fsp3) is 0.500. The topological polar surface area (TPSA) is 57.6 Å². The first kappa shape index (κ1) is 15.8. The zero-order chi connectivity index (χ0) is 14.8. The Morgan fingerprint density at radius 1 is 1.26 bits per heavy atom. The molecule has 0 heterocycles. The van der Waals surface area contributed by atoms with Gasteiger partial charge in [-0.05, 0) is 38.1 Å². The van der Waals surface area contributed by atoms with Crippen molar-refractivity contribution in [2.45, 2.75) is 30.0 Å². The van der Waals surface area contributed by atoms with Crippen LogP contribution in [0.15, 0.2) is 29.2 Å². The molecular weight excluding hydrogens is 276 g/mol. The zero-order valence-corrected chi connectivity index (χ0v) is 11.8. The normalized spacial score (nSPS) is 12.8. The summed E-state index contributed by atoms with van der Waals surface area (Å²) < 4.78 is 47.3. The highest BCUT2D eigenvalue weighted by molar-refractivity contribution is 7.91. The second-order valence-corrected chi connectivity index (χ2v) is 6.75. The van der Waals surface area contributed by atoms with Gasteiger partial charge in [0, 0.05) is 12.7 Å². The van der Waals surface area contributed by atoms with Crippen LogP contribution in [-0.4, -0.2) is 38.5 Å². The summed E-state index contributed by atoms with van der Waals surface area (Å²) in [7, 11) is -2.83. The third-order valence-corrected chi connectivity index (χ3v) is 4.48. The first-order valence-electron chi connectivity index (χ1n) is 5.60. The molecule has 108 valence electrons. The van der Waals surface area contributed by atoms with Crippen molar-refractivity contribution in [1.82, 2.24) is 0 Å². The van der Waals surface area contributed by atoms with Gasteiger partial charge in [0.05, 0.1) is 17.0 Å². The Hall–Kier alpha value is -1.21. The molecule has 0 amide bonds. The summed E-state index contributed by atoms with van der Waals surface area (Å²) in [6.45, 7) is 3.51. The van der Waals surface area contributed by atoms with Crippen LogP contribution in [0.3, 0.4) is 0 Å². The lowest BCUT2D eigenvalue weighted by molar-refractivity contribution is 0.216. The first-order chi connectivity index (χ1) is 8.63. The van der Waals surface area contributed by atoms with Gasteiger partial charge >= 0.3 is 5.76 Å². The van der Waals surface area contributed by atoms with E-state index in [-0.39, 0.29) is 6.61 Å². The average molecular weight is 293 g/mol. The molecule has 1 rings (SSSR count). The molecule has 4 nitrogen and oxygen atoms in total. The fourth-order valence-corrected chi connectivity index (χ4v) is 2.14. The van der Waals surface area contributed by atoms with Gasteiger partial charge in [-0.25, -0.2) is 8.42 Å². The van der Waals surface area contributed by atoms with Crippen LogP contribution in [0.2, 0.25) is 0 Å². The minimum absolute atomic E-state index is 0.0966. The summed E-state index contributed by atoms with van der Waals surface area (Å²) in [4.78, 5) is 1.33. The van der Waals surface area contributed by atoms with Crippen molar-refractivity contribution in [3.05, 3.63) is 24.3 Å². The van der Waals surface area contributed by atoms with Gasteiger partial charge in [-0.2, -0.15) is 8.78 Å². The minimum Gasteiger partial charge on any atom is -0.394 e. The maximum absolute atomic E-state index is 12.4. The number of halogens is 2. The Labute approximate surface area is 111 Å². The molecule has 0 bridgehead atoms. The number of hydrogen-bond donors (Lipinski definition) is 1. The molecule has 0 fully saturated rings. The maximum Gasteiger partial charge on any atom is 0.341 e. The van der Waals surface area contributed by atoms with E-state index in [0.717, 1.165) is 12.1 Å². The number of benzene rings is 1. The van der Waals surface area contributed by atoms with E-state index < -0.39 is 26.0 Å². The van der Waals surface area contributed by atoms with Gasteiger partial charge in [-0.15, -0.1) is 0 Å². The number of rotatable bonds is 5. The summed E-state index contributed by atoms with van der Waals surface area (Å²) in [5.74, 6) is -3.43. The maximum atomic E-state index is 12.4. The number of sulfone groups is 1. The lowest BCUT2D eigenvalue weighted by Gasteiger charge is -2.35. The van der Waals surface area contributed by atoms with Crippen LogP contribution in [0.5, 0.6) is 0 Å². The first-order valence-corrected chi connectivity index (χ1v) is 7.14. The summed E-state index contributed by atoms with van der Waals surface area (Å²) in [6.07, 6.45) is 0. The highest BCUT2D eigenvalue weighted by Gasteiger charge is 2.27. The van der Waals surface area contributed by atoms with Gasteiger partial charge in [-0.3, -0.25) is 0 Å². The van der Waals surface area contributed by atoms with E-state index in [2.05, 4.69) is 0 Å². The Balaban J connectivity index is 3.08. The Bertz CT molecular complexity index is 526. The second kappa shape index (κ2) is 5.42. The van der Waals surface area contributed by atoms with Crippen molar-refractivity contribution < 1.29 is 22.3 Å². The van der Waals surface area contributed by atoms with Crippen molar-refractivity contribution in [3.8, 4) is 0 Å². The monoisotopic (exact) mass is 293 g/mol. The molecule has 0 unspecified atom stereocenters. The zero-order valence-electron chi connectivity index (χ0n) is 11.0. The lowest BCUT2D eigenvalue weighted by Crippen LogP contribution is -2.44. The van der Waals surface area contributed by atoms with Crippen LogP contribution in [0.25, 0.3) is 0 Å².